The Balaban J connectivity index is 2.11. The molecule has 0 bridgehead atoms. The second kappa shape index (κ2) is 11.0. The molecule has 1 atom stereocenters. The van der Waals surface area contributed by atoms with Gasteiger partial charge >= 0.3 is 0 Å². The fraction of sp³-hybridized carbons (Fsp3) is 0.938. The summed E-state index contributed by atoms with van der Waals surface area (Å²) in [4.78, 5) is 4.49. The first-order valence-corrected chi connectivity index (χ1v) is 8.39. The lowest BCUT2D eigenvalue weighted by atomic mass is 10.0. The highest BCUT2D eigenvalue weighted by Crippen LogP contribution is 2.28. The van der Waals surface area contributed by atoms with E-state index in [-0.39, 0.29) is 12.5 Å². The van der Waals surface area contributed by atoms with Crippen molar-refractivity contribution in [3.63, 3.8) is 0 Å². The molecule has 0 aromatic rings. The maximum atomic E-state index is 9.02. The smallest absolute Gasteiger partial charge is 0.191 e. The second-order valence-electron chi connectivity index (χ2n) is 6.08. The van der Waals surface area contributed by atoms with Crippen LogP contribution in [0.15, 0.2) is 4.99 Å². The summed E-state index contributed by atoms with van der Waals surface area (Å²) in [5, 5.41) is 15.7. The summed E-state index contributed by atoms with van der Waals surface area (Å²) in [5.74, 6) is 2.11. The van der Waals surface area contributed by atoms with E-state index in [1.54, 1.807) is 0 Å². The molecule has 0 aliphatic heterocycles. The average molecular weight is 283 g/mol. The Hall–Kier alpha value is -0.770. The van der Waals surface area contributed by atoms with Crippen LogP contribution in [0.4, 0.5) is 0 Å². The third-order valence-electron chi connectivity index (χ3n) is 4.02. The molecule has 1 aliphatic rings. The van der Waals surface area contributed by atoms with Crippen molar-refractivity contribution < 1.29 is 5.11 Å². The van der Waals surface area contributed by atoms with Crippen molar-refractivity contribution >= 4 is 5.96 Å². The van der Waals surface area contributed by atoms with Crippen molar-refractivity contribution in [3.05, 3.63) is 0 Å². The van der Waals surface area contributed by atoms with Crippen molar-refractivity contribution in [2.75, 3.05) is 26.2 Å². The van der Waals surface area contributed by atoms with Crippen LogP contribution >= 0.6 is 0 Å². The van der Waals surface area contributed by atoms with Gasteiger partial charge in [-0.25, -0.2) is 0 Å². The van der Waals surface area contributed by atoms with Crippen LogP contribution in [0.3, 0.4) is 0 Å². The van der Waals surface area contributed by atoms with Crippen LogP contribution in [0.25, 0.3) is 0 Å². The summed E-state index contributed by atoms with van der Waals surface area (Å²) in [5.41, 5.74) is 0. The van der Waals surface area contributed by atoms with Crippen LogP contribution in [0.1, 0.15) is 58.8 Å². The van der Waals surface area contributed by atoms with Gasteiger partial charge in [-0.1, -0.05) is 45.4 Å². The van der Waals surface area contributed by atoms with Crippen LogP contribution in [0.2, 0.25) is 0 Å². The van der Waals surface area contributed by atoms with Crippen LogP contribution < -0.4 is 10.6 Å². The molecule has 20 heavy (non-hydrogen) atoms. The first kappa shape index (κ1) is 17.3. The molecule has 0 amide bonds. The minimum atomic E-state index is 0.199. The van der Waals surface area contributed by atoms with Crippen molar-refractivity contribution in [2.24, 2.45) is 16.8 Å². The van der Waals surface area contributed by atoms with Crippen molar-refractivity contribution in [3.8, 4) is 0 Å². The number of unbranched alkanes of at least 4 members (excludes halogenated alkanes) is 1. The molecule has 0 saturated heterocycles. The molecular formula is C16H33N3O. The van der Waals surface area contributed by atoms with E-state index in [9.17, 15) is 0 Å². The first-order chi connectivity index (χ1) is 9.76. The van der Waals surface area contributed by atoms with E-state index in [2.05, 4.69) is 22.5 Å². The summed E-state index contributed by atoms with van der Waals surface area (Å²) in [7, 11) is 0. The molecule has 4 heteroatoms. The molecule has 0 heterocycles. The van der Waals surface area contributed by atoms with E-state index < -0.39 is 0 Å². The van der Waals surface area contributed by atoms with E-state index in [0.29, 0.717) is 6.54 Å². The maximum Gasteiger partial charge on any atom is 0.191 e. The van der Waals surface area contributed by atoms with Gasteiger partial charge < -0.3 is 15.7 Å². The highest BCUT2D eigenvalue weighted by Gasteiger charge is 2.13. The Kier molecular flexibility index (Phi) is 9.46. The molecule has 1 rings (SSSR count). The standard InChI is InChI=1S/C16H33N3O/c1-3-17-16(19-12-14(2)13-20)18-11-7-6-10-15-8-4-5-9-15/h14-15,20H,3-13H2,1-2H3,(H2,17,18,19). The highest BCUT2D eigenvalue weighted by molar-refractivity contribution is 5.79. The van der Waals surface area contributed by atoms with E-state index in [4.69, 9.17) is 5.11 Å². The molecular weight excluding hydrogens is 250 g/mol. The normalized spacial score (nSPS) is 18.2. The number of aliphatic hydroxyl groups excluding tert-OH is 1. The van der Waals surface area contributed by atoms with Gasteiger partial charge in [0.15, 0.2) is 5.96 Å². The minimum Gasteiger partial charge on any atom is -0.396 e. The Bertz CT molecular complexity index is 262. The van der Waals surface area contributed by atoms with Gasteiger partial charge in [-0.3, -0.25) is 4.99 Å². The Labute approximate surface area is 124 Å². The molecule has 1 unspecified atom stereocenters. The summed E-state index contributed by atoms with van der Waals surface area (Å²) >= 11 is 0. The van der Waals surface area contributed by atoms with Gasteiger partial charge in [0.25, 0.3) is 0 Å². The molecule has 0 radical (unpaired) electrons. The van der Waals surface area contributed by atoms with E-state index in [1.165, 1.54) is 44.9 Å². The number of rotatable bonds is 9. The largest absolute Gasteiger partial charge is 0.396 e. The quantitative estimate of drug-likeness (QED) is 0.346. The molecule has 4 nitrogen and oxygen atoms in total. The lowest BCUT2D eigenvalue weighted by Crippen LogP contribution is -2.38. The van der Waals surface area contributed by atoms with Crippen LogP contribution in [0, 0.1) is 11.8 Å². The molecule has 1 saturated carbocycles. The zero-order valence-electron chi connectivity index (χ0n) is 13.3. The Morgan fingerprint density at radius 2 is 2.00 bits per heavy atom. The van der Waals surface area contributed by atoms with Crippen molar-refractivity contribution in [2.45, 2.75) is 58.8 Å². The van der Waals surface area contributed by atoms with E-state index in [0.717, 1.165) is 25.0 Å². The van der Waals surface area contributed by atoms with E-state index >= 15 is 0 Å². The Morgan fingerprint density at radius 1 is 1.25 bits per heavy atom. The molecule has 1 aliphatic carbocycles. The fourth-order valence-corrected chi connectivity index (χ4v) is 2.71. The maximum absolute atomic E-state index is 9.02. The van der Waals surface area contributed by atoms with Crippen LogP contribution in [-0.4, -0.2) is 37.3 Å². The SMILES string of the molecule is CCNC(=NCC(C)CO)NCCCCC1CCCC1. The predicted molar refractivity (Wildman–Crippen MR) is 86.0 cm³/mol. The zero-order valence-corrected chi connectivity index (χ0v) is 13.3. The zero-order chi connectivity index (χ0) is 14.6. The summed E-state index contributed by atoms with van der Waals surface area (Å²) in [6.45, 7) is 6.83. The third-order valence-corrected chi connectivity index (χ3v) is 4.02. The summed E-state index contributed by atoms with van der Waals surface area (Å²) in [6.07, 6.45) is 9.75. The van der Waals surface area contributed by atoms with Gasteiger partial charge in [0.05, 0.1) is 0 Å². The highest BCUT2D eigenvalue weighted by atomic mass is 16.3. The topological polar surface area (TPSA) is 56.7 Å². The molecule has 0 aromatic carbocycles. The van der Waals surface area contributed by atoms with Gasteiger partial charge in [0.2, 0.25) is 0 Å². The number of aliphatic hydroxyl groups is 1. The molecule has 0 spiro atoms. The van der Waals surface area contributed by atoms with Crippen molar-refractivity contribution in [1.29, 1.82) is 0 Å². The predicted octanol–water partition coefficient (Wildman–Crippen LogP) is 2.53. The lowest BCUT2D eigenvalue weighted by molar-refractivity contribution is 0.241. The molecule has 3 N–H and O–H groups in total. The second-order valence-corrected chi connectivity index (χ2v) is 6.08. The third kappa shape index (κ3) is 7.73. The van der Waals surface area contributed by atoms with Crippen molar-refractivity contribution in [1.82, 2.24) is 10.6 Å². The van der Waals surface area contributed by atoms with Gasteiger partial charge in [-0.15, -0.1) is 0 Å². The Morgan fingerprint density at radius 3 is 2.65 bits per heavy atom. The molecule has 1 fully saturated rings. The average Bonchev–Trinajstić information content (AvgIpc) is 2.97. The molecule has 118 valence electrons. The number of hydrogen-bond acceptors (Lipinski definition) is 2. The van der Waals surface area contributed by atoms with E-state index in [1.807, 2.05) is 6.92 Å². The van der Waals surface area contributed by atoms with Gasteiger partial charge in [0, 0.05) is 26.2 Å². The number of nitrogens with one attached hydrogen (secondary N) is 2. The number of guanidine groups is 1. The van der Waals surface area contributed by atoms with Gasteiger partial charge in [-0.2, -0.15) is 0 Å². The van der Waals surface area contributed by atoms with Gasteiger partial charge in [0.1, 0.15) is 0 Å². The summed E-state index contributed by atoms with van der Waals surface area (Å²) in [6, 6.07) is 0. The monoisotopic (exact) mass is 283 g/mol. The fourth-order valence-electron chi connectivity index (χ4n) is 2.71. The first-order valence-electron chi connectivity index (χ1n) is 8.39. The number of hydrogen-bond donors (Lipinski definition) is 3. The summed E-state index contributed by atoms with van der Waals surface area (Å²) < 4.78 is 0. The number of nitrogens with zero attached hydrogens (tertiary/aromatic N) is 1. The van der Waals surface area contributed by atoms with Crippen LogP contribution in [-0.2, 0) is 0 Å². The van der Waals surface area contributed by atoms with Gasteiger partial charge in [-0.05, 0) is 25.2 Å². The van der Waals surface area contributed by atoms with Crippen LogP contribution in [0.5, 0.6) is 0 Å². The number of aliphatic imine (C=N–C) groups is 1. The molecule has 0 aromatic heterocycles. The lowest BCUT2D eigenvalue weighted by Gasteiger charge is -2.13. The minimum absolute atomic E-state index is 0.199.